The van der Waals surface area contributed by atoms with E-state index in [0.717, 1.165) is 70.6 Å². The molecule has 0 bridgehead atoms. The Hall–Kier alpha value is -2.11. The summed E-state index contributed by atoms with van der Waals surface area (Å²) in [6.45, 7) is 6.67. The van der Waals surface area contributed by atoms with Crippen LogP contribution in [0.1, 0.15) is 348 Å². The number of allylic oxidation sites excluding steroid dienone is 4. The van der Waals surface area contributed by atoms with Gasteiger partial charge in [0.2, 0.25) is 0 Å². The van der Waals surface area contributed by atoms with Crippen LogP contribution in [0.4, 0.5) is 0 Å². The molecular weight excluding hydrogens is 865 g/mol. The molecule has 0 N–H and O–H groups in total. The number of rotatable bonds is 58. The molecular formula is C64H120O6. The third kappa shape index (κ3) is 56.8. The molecule has 0 aliphatic rings. The number of esters is 3. The topological polar surface area (TPSA) is 78.9 Å². The van der Waals surface area contributed by atoms with Gasteiger partial charge in [-0.3, -0.25) is 14.4 Å². The van der Waals surface area contributed by atoms with Gasteiger partial charge in [0.25, 0.3) is 0 Å². The van der Waals surface area contributed by atoms with Crippen molar-refractivity contribution in [2.24, 2.45) is 0 Å². The lowest BCUT2D eigenvalue weighted by atomic mass is 10.0. The van der Waals surface area contributed by atoms with Crippen molar-refractivity contribution < 1.29 is 28.6 Å². The van der Waals surface area contributed by atoms with Gasteiger partial charge in [0.15, 0.2) is 6.10 Å². The van der Waals surface area contributed by atoms with Crippen molar-refractivity contribution in [2.75, 3.05) is 13.2 Å². The summed E-state index contributed by atoms with van der Waals surface area (Å²) >= 11 is 0. The summed E-state index contributed by atoms with van der Waals surface area (Å²) in [5.74, 6) is -0.853. The van der Waals surface area contributed by atoms with Gasteiger partial charge in [-0.1, -0.05) is 302 Å². The maximum absolute atomic E-state index is 12.9. The van der Waals surface area contributed by atoms with Crippen LogP contribution >= 0.6 is 0 Å². The quantitative estimate of drug-likeness (QED) is 0.0261. The van der Waals surface area contributed by atoms with E-state index in [1.54, 1.807) is 0 Å². The number of hydrogen-bond donors (Lipinski definition) is 0. The molecule has 0 heterocycles. The molecule has 6 heteroatoms. The second kappa shape index (κ2) is 59.5. The Morgan fingerprint density at radius 1 is 0.286 bits per heavy atom. The maximum atomic E-state index is 12.9. The van der Waals surface area contributed by atoms with Gasteiger partial charge < -0.3 is 14.2 Å². The lowest BCUT2D eigenvalue weighted by Crippen LogP contribution is -2.30. The first-order valence-electron chi connectivity index (χ1n) is 31.3. The Morgan fingerprint density at radius 3 is 0.800 bits per heavy atom. The summed E-state index contributed by atoms with van der Waals surface area (Å²) in [4.78, 5) is 38.2. The van der Waals surface area contributed by atoms with E-state index < -0.39 is 6.10 Å². The van der Waals surface area contributed by atoms with Gasteiger partial charge in [-0.25, -0.2) is 0 Å². The van der Waals surface area contributed by atoms with Gasteiger partial charge in [0.1, 0.15) is 13.2 Å². The van der Waals surface area contributed by atoms with Gasteiger partial charge in [-0.2, -0.15) is 0 Å². The van der Waals surface area contributed by atoms with Crippen LogP contribution in [0.25, 0.3) is 0 Å². The minimum atomic E-state index is -0.771. The fourth-order valence-corrected chi connectivity index (χ4v) is 9.48. The molecule has 0 fully saturated rings. The van der Waals surface area contributed by atoms with E-state index in [4.69, 9.17) is 14.2 Å². The second-order valence-electron chi connectivity index (χ2n) is 21.3. The molecule has 1 unspecified atom stereocenters. The average Bonchev–Trinajstić information content (AvgIpc) is 3.36. The fourth-order valence-electron chi connectivity index (χ4n) is 9.48. The summed E-state index contributed by atoms with van der Waals surface area (Å²) in [6.07, 6.45) is 70.4. The lowest BCUT2D eigenvalue weighted by molar-refractivity contribution is -0.167. The zero-order chi connectivity index (χ0) is 50.7. The minimum Gasteiger partial charge on any atom is -0.462 e. The Kier molecular flexibility index (Phi) is 57.7. The molecule has 412 valence electrons. The van der Waals surface area contributed by atoms with E-state index >= 15 is 0 Å². The largest absolute Gasteiger partial charge is 0.462 e. The Balaban J connectivity index is 4.23. The van der Waals surface area contributed by atoms with Crippen molar-refractivity contribution in [2.45, 2.75) is 354 Å². The number of unbranched alkanes of at least 4 members (excludes halogenated alkanes) is 43. The number of carbonyl (C=O) groups excluding carboxylic acids is 3. The Labute approximate surface area is 436 Å². The number of hydrogen-bond acceptors (Lipinski definition) is 6. The number of carbonyl (C=O) groups is 3. The molecule has 0 spiro atoms. The zero-order valence-electron chi connectivity index (χ0n) is 47.3. The molecule has 0 radical (unpaired) electrons. The standard InChI is InChI=1S/C64H120O6/c1-4-7-10-13-16-19-22-24-26-28-30-31-32-33-34-36-37-39-42-45-48-51-54-57-63(66)69-60-61(59-68-62(65)56-53-50-47-44-41-21-18-15-12-9-6-3)70-64(67)58-55-52-49-46-43-40-38-35-29-27-25-23-20-17-14-11-8-5-2/h20,23,27,29,61H,4-19,21-22,24-26,28,30-60H2,1-3H3/b23-20-,29-27-. The van der Waals surface area contributed by atoms with Crippen LogP contribution in [0, 0.1) is 0 Å². The molecule has 0 aliphatic heterocycles. The average molecular weight is 986 g/mol. The van der Waals surface area contributed by atoms with Crippen LogP contribution in [-0.2, 0) is 28.6 Å². The molecule has 0 rings (SSSR count). The van der Waals surface area contributed by atoms with Crippen molar-refractivity contribution in [3.05, 3.63) is 24.3 Å². The Bertz CT molecular complexity index is 1130. The molecule has 0 aromatic carbocycles. The molecule has 0 saturated carbocycles. The molecule has 0 aromatic heterocycles. The second-order valence-corrected chi connectivity index (χ2v) is 21.3. The highest BCUT2D eigenvalue weighted by Gasteiger charge is 2.19. The highest BCUT2D eigenvalue weighted by atomic mass is 16.6. The van der Waals surface area contributed by atoms with Crippen LogP contribution in [0.2, 0.25) is 0 Å². The van der Waals surface area contributed by atoms with Crippen LogP contribution < -0.4 is 0 Å². The van der Waals surface area contributed by atoms with Gasteiger partial charge in [0.05, 0.1) is 0 Å². The van der Waals surface area contributed by atoms with E-state index in [0.29, 0.717) is 19.3 Å². The maximum Gasteiger partial charge on any atom is 0.306 e. The summed E-state index contributed by atoms with van der Waals surface area (Å²) in [7, 11) is 0. The van der Waals surface area contributed by atoms with Gasteiger partial charge in [-0.05, 0) is 51.4 Å². The van der Waals surface area contributed by atoms with E-state index in [9.17, 15) is 14.4 Å². The Morgan fingerprint density at radius 2 is 0.514 bits per heavy atom. The monoisotopic (exact) mass is 985 g/mol. The lowest BCUT2D eigenvalue weighted by Gasteiger charge is -2.18. The van der Waals surface area contributed by atoms with E-state index in [1.807, 2.05) is 0 Å². The van der Waals surface area contributed by atoms with E-state index in [2.05, 4.69) is 45.1 Å². The first kappa shape index (κ1) is 67.9. The van der Waals surface area contributed by atoms with E-state index in [1.165, 1.54) is 238 Å². The first-order valence-corrected chi connectivity index (χ1v) is 31.3. The van der Waals surface area contributed by atoms with Crippen LogP contribution in [-0.4, -0.2) is 37.2 Å². The molecule has 70 heavy (non-hydrogen) atoms. The van der Waals surface area contributed by atoms with Crippen molar-refractivity contribution in [3.8, 4) is 0 Å². The normalized spacial score (nSPS) is 12.1. The zero-order valence-corrected chi connectivity index (χ0v) is 47.3. The van der Waals surface area contributed by atoms with Crippen molar-refractivity contribution in [1.82, 2.24) is 0 Å². The van der Waals surface area contributed by atoms with Crippen LogP contribution in [0.15, 0.2) is 24.3 Å². The van der Waals surface area contributed by atoms with Crippen molar-refractivity contribution in [1.29, 1.82) is 0 Å². The fraction of sp³-hybridized carbons (Fsp3) is 0.891. The van der Waals surface area contributed by atoms with Crippen molar-refractivity contribution in [3.63, 3.8) is 0 Å². The summed E-state index contributed by atoms with van der Waals surface area (Å²) in [5.41, 5.74) is 0. The van der Waals surface area contributed by atoms with Gasteiger partial charge >= 0.3 is 17.9 Å². The highest BCUT2D eigenvalue weighted by molar-refractivity contribution is 5.71. The summed E-state index contributed by atoms with van der Waals surface area (Å²) < 4.78 is 16.9. The molecule has 6 nitrogen and oxygen atoms in total. The predicted molar refractivity (Wildman–Crippen MR) is 303 cm³/mol. The smallest absolute Gasteiger partial charge is 0.306 e. The molecule has 0 aromatic rings. The minimum absolute atomic E-state index is 0.0688. The third-order valence-electron chi connectivity index (χ3n) is 14.2. The SMILES string of the molecule is CCCCCC/C=C\C/C=C\CCCCCCCCCC(=O)OC(COC(=O)CCCCCCCCCCCCC)COC(=O)CCCCCCCCCCCCCCCCCCCCCCCCC. The number of ether oxygens (including phenoxy) is 3. The highest BCUT2D eigenvalue weighted by Crippen LogP contribution is 2.18. The summed E-state index contributed by atoms with van der Waals surface area (Å²) in [5, 5.41) is 0. The summed E-state index contributed by atoms with van der Waals surface area (Å²) in [6, 6.07) is 0. The third-order valence-corrected chi connectivity index (χ3v) is 14.2. The van der Waals surface area contributed by atoms with Gasteiger partial charge in [0, 0.05) is 19.3 Å². The van der Waals surface area contributed by atoms with Gasteiger partial charge in [-0.15, -0.1) is 0 Å². The molecule has 1 atom stereocenters. The van der Waals surface area contributed by atoms with Crippen LogP contribution in [0.5, 0.6) is 0 Å². The first-order chi connectivity index (χ1) is 34.5. The molecule has 0 amide bonds. The predicted octanol–water partition coefficient (Wildman–Crippen LogP) is 21.1. The van der Waals surface area contributed by atoms with Crippen molar-refractivity contribution >= 4 is 17.9 Å². The van der Waals surface area contributed by atoms with Crippen LogP contribution in [0.3, 0.4) is 0 Å². The van der Waals surface area contributed by atoms with E-state index in [-0.39, 0.29) is 31.1 Å². The molecule has 0 saturated heterocycles. The molecule has 0 aliphatic carbocycles.